The number of carbonyl (C=O) groups is 1. The largest absolute Gasteiger partial charge is 0.465 e. The highest BCUT2D eigenvalue weighted by atomic mass is 35.5. The third kappa shape index (κ3) is 6.52. The molecule has 2 atom stereocenters. The van der Waals surface area contributed by atoms with E-state index in [1.165, 1.54) is 41.8 Å². The molecular formula is C27H30ClF3N6O3S. The number of nitrogens with one attached hydrogen (secondary N) is 1. The molecule has 41 heavy (non-hydrogen) atoms. The average molecular weight is 611 g/mol. The van der Waals surface area contributed by atoms with Gasteiger partial charge in [-0.05, 0) is 50.7 Å². The molecule has 2 aromatic heterocycles. The van der Waals surface area contributed by atoms with Gasteiger partial charge in [-0.15, -0.1) is 11.3 Å². The highest BCUT2D eigenvalue weighted by Crippen LogP contribution is 2.44. The van der Waals surface area contributed by atoms with E-state index in [-0.39, 0.29) is 40.4 Å². The molecular weight excluding hydrogens is 581 g/mol. The number of halogens is 4. The fraction of sp³-hybridized carbons (Fsp3) is 0.481. The molecule has 5 rings (SSSR count). The van der Waals surface area contributed by atoms with E-state index in [1.807, 2.05) is 4.90 Å². The fourth-order valence-corrected chi connectivity index (χ4v) is 6.44. The van der Waals surface area contributed by atoms with E-state index in [2.05, 4.69) is 20.3 Å². The number of thiazole rings is 1. The van der Waals surface area contributed by atoms with Crippen molar-refractivity contribution in [2.24, 2.45) is 5.41 Å². The van der Waals surface area contributed by atoms with Crippen molar-refractivity contribution < 1.29 is 27.4 Å². The van der Waals surface area contributed by atoms with Crippen molar-refractivity contribution in [2.75, 3.05) is 36.9 Å². The van der Waals surface area contributed by atoms with Crippen LogP contribution < -0.4 is 20.7 Å². The number of hydrogen-bond donors (Lipinski definition) is 2. The van der Waals surface area contributed by atoms with Gasteiger partial charge in [0.2, 0.25) is 17.9 Å². The Kier molecular flexibility index (Phi) is 8.31. The smallest absolute Gasteiger partial charge is 0.429 e. The molecule has 0 bridgehead atoms. The van der Waals surface area contributed by atoms with Crippen LogP contribution in [-0.2, 0) is 9.53 Å². The summed E-state index contributed by atoms with van der Waals surface area (Å²) in [5.41, 5.74) is 6.03. The van der Waals surface area contributed by atoms with Gasteiger partial charge >= 0.3 is 12.1 Å². The third-order valence-corrected chi connectivity index (χ3v) is 8.69. The number of ether oxygens (including phenoxy) is 2. The van der Waals surface area contributed by atoms with Crippen LogP contribution in [0.1, 0.15) is 42.9 Å². The van der Waals surface area contributed by atoms with Gasteiger partial charge in [0.05, 0.1) is 16.5 Å². The molecule has 0 amide bonds. The molecule has 4 heterocycles. The van der Waals surface area contributed by atoms with E-state index in [0.717, 1.165) is 12.8 Å². The lowest BCUT2D eigenvalue weighted by Crippen LogP contribution is -2.41. The zero-order valence-electron chi connectivity index (χ0n) is 22.5. The molecule has 0 radical (unpaired) electrons. The van der Waals surface area contributed by atoms with Crippen molar-refractivity contribution in [3.8, 4) is 16.3 Å². The van der Waals surface area contributed by atoms with Crippen molar-refractivity contribution in [3.63, 3.8) is 0 Å². The number of rotatable bonds is 7. The van der Waals surface area contributed by atoms with Crippen LogP contribution in [0, 0.1) is 12.3 Å². The number of nitrogen functional groups attached to an aromatic ring is 1. The van der Waals surface area contributed by atoms with Gasteiger partial charge in [-0.3, -0.25) is 4.79 Å². The second-order valence-corrected chi connectivity index (χ2v) is 12.0. The van der Waals surface area contributed by atoms with Crippen molar-refractivity contribution >= 4 is 40.7 Å². The summed E-state index contributed by atoms with van der Waals surface area (Å²) in [6, 6.07) is 5.22. The lowest BCUT2D eigenvalue weighted by Gasteiger charge is -2.39. The summed E-state index contributed by atoms with van der Waals surface area (Å²) < 4.78 is 54.1. The Morgan fingerprint density at radius 3 is 2.71 bits per heavy atom. The van der Waals surface area contributed by atoms with Crippen LogP contribution in [0.5, 0.6) is 5.88 Å². The fourth-order valence-electron chi connectivity index (χ4n) is 5.45. The van der Waals surface area contributed by atoms with Crippen LogP contribution in [0.25, 0.3) is 10.4 Å². The summed E-state index contributed by atoms with van der Waals surface area (Å²) in [5, 5.41) is 4.27. The normalized spacial score (nSPS) is 19.4. The molecule has 1 spiro atoms. The molecule has 3 aromatic rings. The van der Waals surface area contributed by atoms with Crippen LogP contribution in [0.3, 0.4) is 0 Å². The second-order valence-electron chi connectivity index (χ2n) is 10.3. The van der Waals surface area contributed by atoms with E-state index in [9.17, 15) is 18.0 Å². The number of piperidine rings is 1. The van der Waals surface area contributed by atoms with Crippen molar-refractivity contribution in [3.05, 3.63) is 46.1 Å². The summed E-state index contributed by atoms with van der Waals surface area (Å²) in [5.74, 6) is -0.351. The number of esters is 1. The van der Waals surface area contributed by atoms with Crippen LogP contribution in [-0.4, -0.2) is 59.4 Å². The first-order valence-corrected chi connectivity index (χ1v) is 14.4. The van der Waals surface area contributed by atoms with Gasteiger partial charge in [-0.1, -0.05) is 17.7 Å². The Balaban J connectivity index is 1.36. The molecule has 2 saturated heterocycles. The van der Waals surface area contributed by atoms with Crippen molar-refractivity contribution in [1.29, 1.82) is 0 Å². The van der Waals surface area contributed by atoms with Gasteiger partial charge in [0, 0.05) is 48.0 Å². The molecule has 0 saturated carbocycles. The second kappa shape index (κ2) is 11.6. The Hall–Kier alpha value is -3.16. The summed E-state index contributed by atoms with van der Waals surface area (Å²) >= 11 is 7.41. The number of aromatic nitrogens is 3. The minimum absolute atomic E-state index is 0.0623. The molecule has 2 aliphatic rings. The Bertz CT molecular complexity index is 1410. The first kappa shape index (κ1) is 29.3. The Morgan fingerprint density at radius 1 is 1.29 bits per heavy atom. The first-order chi connectivity index (χ1) is 19.5. The number of anilines is 2. The third-order valence-electron chi connectivity index (χ3n) is 7.51. The van der Waals surface area contributed by atoms with E-state index in [1.54, 1.807) is 13.8 Å². The van der Waals surface area contributed by atoms with E-state index in [0.29, 0.717) is 53.4 Å². The van der Waals surface area contributed by atoms with Crippen LogP contribution >= 0.6 is 22.9 Å². The van der Waals surface area contributed by atoms with Crippen molar-refractivity contribution in [1.82, 2.24) is 20.3 Å². The van der Waals surface area contributed by atoms with Gasteiger partial charge in [-0.2, -0.15) is 23.1 Å². The lowest BCUT2D eigenvalue weighted by molar-refractivity contribution is -0.198. The van der Waals surface area contributed by atoms with Crippen LogP contribution in [0.2, 0.25) is 5.02 Å². The maximum atomic E-state index is 14.5. The number of alkyl halides is 3. The molecule has 2 fully saturated rings. The number of benzene rings is 1. The highest BCUT2D eigenvalue weighted by Gasteiger charge is 2.46. The SMILES string of the molecule is CCOC(=O)[C@@H]1CC2(CCN(c3cc(O[C@H](c4ccc(Cl)cc4-c4cnc(C)s4)C(F)(F)F)nc(N)n3)CC2)CN1. The quantitative estimate of drug-likeness (QED) is 0.342. The van der Waals surface area contributed by atoms with E-state index >= 15 is 0 Å². The number of carbonyl (C=O) groups excluding carboxylic acids is 1. The van der Waals surface area contributed by atoms with Gasteiger partial charge in [0.25, 0.3) is 0 Å². The van der Waals surface area contributed by atoms with Gasteiger partial charge in [-0.25, -0.2) is 4.98 Å². The molecule has 3 N–H and O–H groups in total. The Labute approximate surface area is 244 Å². The van der Waals surface area contributed by atoms with E-state index < -0.39 is 12.3 Å². The first-order valence-electron chi connectivity index (χ1n) is 13.2. The summed E-state index contributed by atoms with van der Waals surface area (Å²) in [6.07, 6.45) is -3.39. The zero-order chi connectivity index (χ0) is 29.4. The predicted molar refractivity (Wildman–Crippen MR) is 150 cm³/mol. The molecule has 0 unspecified atom stereocenters. The Morgan fingerprint density at radius 2 is 2.05 bits per heavy atom. The monoisotopic (exact) mass is 610 g/mol. The molecule has 0 aliphatic carbocycles. The topological polar surface area (TPSA) is 115 Å². The van der Waals surface area contributed by atoms with E-state index in [4.69, 9.17) is 26.8 Å². The molecule has 14 heteroatoms. The van der Waals surface area contributed by atoms with Crippen LogP contribution in [0.15, 0.2) is 30.5 Å². The highest BCUT2D eigenvalue weighted by molar-refractivity contribution is 7.15. The van der Waals surface area contributed by atoms with Gasteiger partial charge in [0.1, 0.15) is 11.9 Å². The lowest BCUT2D eigenvalue weighted by atomic mass is 9.76. The van der Waals surface area contributed by atoms with Gasteiger partial charge in [0.15, 0.2) is 0 Å². The molecule has 9 nitrogen and oxygen atoms in total. The molecule has 220 valence electrons. The standard InChI is InChI=1S/C27H30ClF3N6O3S/c1-3-39-24(38)19-12-26(14-34-19)6-8-37(9-7-26)21-11-22(36-25(32)35-21)40-23(27(29,30)31)17-5-4-16(28)10-18(17)20-13-33-15(2)41-20/h4-5,10-11,13,19,23,34H,3,6-9,12,14H2,1-2H3,(H2,32,35,36)/t19-,23+/m0/s1. The summed E-state index contributed by atoms with van der Waals surface area (Å²) in [6.45, 7) is 5.74. The minimum atomic E-state index is -4.77. The maximum absolute atomic E-state index is 14.5. The number of nitrogens with zero attached hydrogens (tertiary/aromatic N) is 4. The van der Waals surface area contributed by atoms with Gasteiger partial charge < -0.3 is 25.4 Å². The minimum Gasteiger partial charge on any atom is -0.465 e. The van der Waals surface area contributed by atoms with Crippen molar-refractivity contribution in [2.45, 2.75) is 51.4 Å². The molecule has 1 aromatic carbocycles. The summed E-state index contributed by atoms with van der Waals surface area (Å²) in [4.78, 5) is 27.1. The summed E-state index contributed by atoms with van der Waals surface area (Å²) in [7, 11) is 0. The van der Waals surface area contributed by atoms with Crippen LogP contribution in [0.4, 0.5) is 24.9 Å². The number of nitrogens with two attached hydrogens (primary N) is 1. The number of aryl methyl sites for hydroxylation is 1. The average Bonchev–Trinajstić information content (AvgIpc) is 3.54. The molecule has 2 aliphatic heterocycles. The zero-order valence-corrected chi connectivity index (χ0v) is 24.1. The number of hydrogen-bond acceptors (Lipinski definition) is 10. The maximum Gasteiger partial charge on any atom is 0.429 e. The predicted octanol–water partition coefficient (Wildman–Crippen LogP) is 5.34.